The molecule has 0 heterocycles. The first-order valence-electron chi connectivity index (χ1n) is 6.08. The summed E-state index contributed by atoms with van der Waals surface area (Å²) in [7, 11) is -1.44. The summed E-state index contributed by atoms with van der Waals surface area (Å²) in [5.41, 5.74) is 0.302. The molecule has 2 aromatic rings. The van der Waals surface area contributed by atoms with Gasteiger partial charge in [-0.1, -0.05) is 12.1 Å². The van der Waals surface area contributed by atoms with Gasteiger partial charge in [-0.2, -0.15) is 0 Å². The molecule has 0 bridgehead atoms. The van der Waals surface area contributed by atoms with Crippen LogP contribution in [0.1, 0.15) is 0 Å². The van der Waals surface area contributed by atoms with E-state index in [1.165, 1.54) is 14.2 Å². The van der Waals surface area contributed by atoms with Crippen LogP contribution in [0.15, 0.2) is 45.8 Å². The van der Waals surface area contributed by atoms with Crippen molar-refractivity contribution in [3.63, 3.8) is 0 Å². The second kappa shape index (κ2) is 6.53. The molecule has 5 nitrogen and oxygen atoms in total. The van der Waals surface area contributed by atoms with Crippen LogP contribution >= 0.6 is 15.9 Å². The third kappa shape index (κ3) is 3.33. The number of hydrogen-bond acceptors (Lipinski definition) is 4. The van der Waals surface area contributed by atoms with Crippen LogP contribution in [-0.4, -0.2) is 22.6 Å². The van der Waals surface area contributed by atoms with E-state index in [2.05, 4.69) is 20.7 Å². The van der Waals surface area contributed by atoms with E-state index in [1.54, 1.807) is 24.3 Å². The molecular weight excluding hydrogens is 377 g/mol. The average Bonchev–Trinajstić information content (AvgIpc) is 2.48. The minimum Gasteiger partial charge on any atom is -0.493 e. The smallest absolute Gasteiger partial charge is 0.264 e. The van der Waals surface area contributed by atoms with Gasteiger partial charge in [0.1, 0.15) is 10.7 Å². The quantitative estimate of drug-likeness (QED) is 0.850. The molecule has 0 saturated heterocycles. The lowest BCUT2D eigenvalue weighted by atomic mass is 10.3. The molecule has 22 heavy (non-hydrogen) atoms. The summed E-state index contributed by atoms with van der Waals surface area (Å²) in [5.74, 6) is -0.701. The van der Waals surface area contributed by atoms with Gasteiger partial charge in [0.25, 0.3) is 10.0 Å². The Labute approximate surface area is 136 Å². The van der Waals surface area contributed by atoms with Crippen molar-refractivity contribution in [2.75, 3.05) is 18.9 Å². The van der Waals surface area contributed by atoms with Gasteiger partial charge in [0.15, 0.2) is 11.5 Å². The van der Waals surface area contributed by atoms with Crippen LogP contribution in [0, 0.1) is 5.82 Å². The maximum Gasteiger partial charge on any atom is 0.264 e. The highest BCUT2D eigenvalue weighted by atomic mass is 79.9. The van der Waals surface area contributed by atoms with Gasteiger partial charge in [0.05, 0.1) is 19.9 Å². The normalized spacial score (nSPS) is 11.1. The Kier molecular flexibility index (Phi) is 4.92. The number of benzene rings is 2. The molecule has 0 atom stereocenters. The van der Waals surface area contributed by atoms with Gasteiger partial charge in [-0.05, 0) is 28.1 Å². The Hall–Kier alpha value is -1.80. The number of sulfonamides is 1. The molecule has 0 saturated carbocycles. The Morgan fingerprint density at radius 1 is 1.09 bits per heavy atom. The van der Waals surface area contributed by atoms with Gasteiger partial charge >= 0.3 is 0 Å². The molecule has 118 valence electrons. The molecule has 0 unspecified atom stereocenters. The van der Waals surface area contributed by atoms with E-state index in [0.29, 0.717) is 10.2 Å². The topological polar surface area (TPSA) is 64.6 Å². The van der Waals surface area contributed by atoms with Crippen molar-refractivity contribution >= 4 is 31.6 Å². The minimum atomic E-state index is -4.11. The second-order valence-corrected chi connectivity index (χ2v) is 6.73. The number of rotatable bonds is 5. The Bertz CT molecular complexity index is 795. The number of halogens is 2. The average molecular weight is 390 g/mol. The largest absolute Gasteiger partial charge is 0.493 e. The zero-order valence-corrected chi connectivity index (χ0v) is 14.2. The molecule has 8 heteroatoms. The molecule has 1 N–H and O–H groups in total. The Balaban J connectivity index is 2.48. The van der Waals surface area contributed by atoms with E-state index < -0.39 is 20.7 Å². The lowest BCUT2D eigenvalue weighted by Crippen LogP contribution is -2.15. The molecule has 0 amide bonds. The van der Waals surface area contributed by atoms with Crippen molar-refractivity contribution in [3.8, 4) is 11.5 Å². The minimum absolute atomic E-state index is 0.111. The zero-order valence-electron chi connectivity index (χ0n) is 11.8. The third-order valence-corrected chi connectivity index (χ3v) is 4.92. The molecule has 0 aliphatic carbocycles. The fourth-order valence-corrected chi connectivity index (χ4v) is 3.46. The number of anilines is 1. The number of methoxy groups -OCH3 is 2. The van der Waals surface area contributed by atoms with Gasteiger partial charge in [-0.15, -0.1) is 0 Å². The molecular formula is C14H13BrFNO4S. The fourth-order valence-electron chi connectivity index (χ4n) is 1.79. The van der Waals surface area contributed by atoms with Crippen molar-refractivity contribution < 1.29 is 22.3 Å². The maximum atomic E-state index is 14.1. The first-order valence-corrected chi connectivity index (χ1v) is 8.35. The third-order valence-electron chi connectivity index (χ3n) is 2.85. The number of hydrogen-bond donors (Lipinski definition) is 1. The molecule has 0 spiro atoms. The van der Waals surface area contributed by atoms with Crippen LogP contribution in [0.3, 0.4) is 0 Å². The fraction of sp³-hybridized carbons (Fsp3) is 0.143. The lowest BCUT2D eigenvalue weighted by Gasteiger charge is -2.13. The van der Waals surface area contributed by atoms with Crippen LogP contribution < -0.4 is 14.2 Å². The first-order chi connectivity index (χ1) is 10.4. The first kappa shape index (κ1) is 16.6. The highest BCUT2D eigenvalue weighted by Gasteiger charge is 2.23. The van der Waals surface area contributed by atoms with Gasteiger partial charge in [-0.3, -0.25) is 4.72 Å². The van der Waals surface area contributed by atoms with Crippen LogP contribution in [0.5, 0.6) is 11.5 Å². The van der Waals surface area contributed by atoms with Crippen molar-refractivity contribution in [1.29, 1.82) is 0 Å². The van der Waals surface area contributed by atoms with Crippen LogP contribution in [0.25, 0.3) is 0 Å². The number of para-hydroxylation sites is 1. The predicted octanol–water partition coefficient (Wildman–Crippen LogP) is 3.41. The summed E-state index contributed by atoms with van der Waals surface area (Å²) in [5, 5.41) is 0. The monoisotopic (exact) mass is 389 g/mol. The second-order valence-electron chi connectivity index (χ2n) is 4.22. The highest BCUT2D eigenvalue weighted by molar-refractivity contribution is 9.10. The van der Waals surface area contributed by atoms with Crippen LogP contribution in [-0.2, 0) is 10.0 Å². The van der Waals surface area contributed by atoms with Crippen molar-refractivity contribution in [1.82, 2.24) is 0 Å². The molecule has 0 aliphatic rings. The number of nitrogens with one attached hydrogen (secondary N) is 1. The van der Waals surface area contributed by atoms with E-state index in [-0.39, 0.29) is 11.5 Å². The van der Waals surface area contributed by atoms with Crippen LogP contribution in [0.2, 0.25) is 0 Å². The number of ether oxygens (including phenoxy) is 2. The van der Waals surface area contributed by atoms with Gasteiger partial charge in [-0.25, -0.2) is 12.8 Å². The van der Waals surface area contributed by atoms with Crippen molar-refractivity contribution in [3.05, 3.63) is 46.7 Å². The summed E-state index contributed by atoms with van der Waals surface area (Å²) in [6.45, 7) is 0. The van der Waals surface area contributed by atoms with Gasteiger partial charge in [0.2, 0.25) is 0 Å². The SMILES string of the molecule is COc1cc(F)c(S(=O)(=O)Nc2ccccc2Br)cc1OC. The zero-order chi connectivity index (χ0) is 16.3. The summed E-state index contributed by atoms with van der Waals surface area (Å²) < 4.78 is 51.6. The van der Waals surface area contributed by atoms with E-state index in [4.69, 9.17) is 9.47 Å². The summed E-state index contributed by atoms with van der Waals surface area (Å²) >= 11 is 3.23. The van der Waals surface area contributed by atoms with E-state index in [1.807, 2.05) is 0 Å². The van der Waals surface area contributed by atoms with Crippen molar-refractivity contribution in [2.45, 2.75) is 4.90 Å². The standard InChI is InChI=1S/C14H13BrFNO4S/c1-20-12-7-10(16)14(8-13(12)21-2)22(18,19)17-11-6-4-3-5-9(11)15/h3-8,17H,1-2H3. The Morgan fingerprint density at radius 3 is 2.27 bits per heavy atom. The van der Waals surface area contributed by atoms with Crippen LogP contribution in [0.4, 0.5) is 10.1 Å². The molecule has 2 aromatic carbocycles. The lowest BCUT2D eigenvalue weighted by molar-refractivity contribution is 0.350. The maximum absolute atomic E-state index is 14.1. The van der Waals surface area contributed by atoms with Crippen molar-refractivity contribution in [2.24, 2.45) is 0 Å². The highest BCUT2D eigenvalue weighted by Crippen LogP contribution is 2.33. The molecule has 0 fully saturated rings. The van der Waals surface area contributed by atoms with Gasteiger partial charge < -0.3 is 9.47 Å². The molecule has 2 rings (SSSR count). The van der Waals surface area contributed by atoms with E-state index in [0.717, 1.165) is 12.1 Å². The molecule has 0 radical (unpaired) electrons. The summed E-state index contributed by atoms with van der Waals surface area (Å²) in [6.07, 6.45) is 0. The van der Waals surface area contributed by atoms with E-state index >= 15 is 0 Å². The molecule has 0 aromatic heterocycles. The van der Waals surface area contributed by atoms with E-state index in [9.17, 15) is 12.8 Å². The Morgan fingerprint density at radius 2 is 1.68 bits per heavy atom. The predicted molar refractivity (Wildman–Crippen MR) is 84.5 cm³/mol. The van der Waals surface area contributed by atoms with Gasteiger partial charge in [0, 0.05) is 16.6 Å². The summed E-state index contributed by atoms with van der Waals surface area (Å²) in [4.78, 5) is -0.527. The summed E-state index contributed by atoms with van der Waals surface area (Å²) in [6, 6.07) is 8.66. The molecule has 0 aliphatic heterocycles.